The molecule has 0 radical (unpaired) electrons. The van der Waals surface area contributed by atoms with E-state index in [0.717, 1.165) is 29.7 Å². The van der Waals surface area contributed by atoms with Crippen molar-refractivity contribution in [2.45, 2.75) is 30.6 Å². The lowest BCUT2D eigenvalue weighted by Crippen LogP contribution is -2.25. The maximum Gasteiger partial charge on any atom is 0.344 e. The molecular weight excluding hydrogens is 382 g/mol. The van der Waals surface area contributed by atoms with E-state index in [1.54, 1.807) is 4.57 Å². The topological polar surface area (TPSA) is 69.1 Å². The molecule has 8 heteroatoms. The number of ether oxygens (including phenoxy) is 2. The van der Waals surface area contributed by atoms with Crippen LogP contribution in [0.5, 0.6) is 5.75 Å². The number of nitrogens with one attached hydrogen (secondary N) is 1. The smallest absolute Gasteiger partial charge is 0.344 e. The molecule has 0 bridgehead atoms. The highest BCUT2D eigenvalue weighted by Crippen LogP contribution is 2.19. The zero-order valence-corrected chi connectivity index (χ0v) is 14.9. The molecule has 23 heavy (non-hydrogen) atoms. The molecule has 1 aliphatic rings. The van der Waals surface area contributed by atoms with Gasteiger partial charge in [-0.15, -0.1) is 5.10 Å². The van der Waals surface area contributed by atoms with E-state index >= 15 is 0 Å². The molecule has 0 amide bonds. The van der Waals surface area contributed by atoms with Crippen LogP contribution in [0.25, 0.3) is 0 Å². The molecule has 1 aromatic carbocycles. The van der Waals surface area contributed by atoms with Crippen molar-refractivity contribution in [1.82, 2.24) is 14.8 Å². The second kappa shape index (κ2) is 8.03. The largest absolute Gasteiger partial charge is 0.493 e. The highest BCUT2D eigenvalue weighted by atomic mass is 79.9. The zero-order valence-electron chi connectivity index (χ0n) is 12.5. The van der Waals surface area contributed by atoms with Crippen molar-refractivity contribution in [3.05, 3.63) is 39.2 Å². The van der Waals surface area contributed by atoms with Crippen molar-refractivity contribution in [3.63, 3.8) is 0 Å². The van der Waals surface area contributed by atoms with E-state index < -0.39 is 0 Å². The summed E-state index contributed by atoms with van der Waals surface area (Å²) in [5, 5.41) is 7.28. The summed E-state index contributed by atoms with van der Waals surface area (Å²) in [6.45, 7) is 1.89. The van der Waals surface area contributed by atoms with Gasteiger partial charge in [0.15, 0.2) is 5.16 Å². The number of nitrogens with zero attached hydrogens (tertiary/aromatic N) is 2. The van der Waals surface area contributed by atoms with Gasteiger partial charge in [0, 0.05) is 16.8 Å². The summed E-state index contributed by atoms with van der Waals surface area (Å²) in [4.78, 5) is 11.9. The number of H-pyrrole nitrogens is 1. The summed E-state index contributed by atoms with van der Waals surface area (Å²) in [6, 6.07) is 7.71. The highest BCUT2D eigenvalue weighted by Gasteiger charge is 2.19. The Bertz CT molecular complexity index is 680. The molecule has 1 aliphatic heterocycles. The van der Waals surface area contributed by atoms with E-state index in [0.29, 0.717) is 24.1 Å². The lowest BCUT2D eigenvalue weighted by Gasteiger charge is -2.11. The van der Waals surface area contributed by atoms with Gasteiger partial charge in [0.1, 0.15) is 5.75 Å². The van der Waals surface area contributed by atoms with E-state index in [9.17, 15) is 4.79 Å². The summed E-state index contributed by atoms with van der Waals surface area (Å²) in [6.07, 6.45) is 2.17. The molecule has 6 nitrogen and oxygen atoms in total. The normalized spacial score (nSPS) is 17.5. The number of aromatic nitrogens is 3. The third-order valence-electron chi connectivity index (χ3n) is 3.53. The van der Waals surface area contributed by atoms with Crippen LogP contribution in [-0.2, 0) is 11.3 Å². The SMILES string of the molecule is O=c1[nH]nc(SCCOc2ccc(Br)cc2)n1C[C@H]1CCCO1. The van der Waals surface area contributed by atoms with Gasteiger partial charge in [-0.05, 0) is 37.1 Å². The summed E-state index contributed by atoms with van der Waals surface area (Å²) in [7, 11) is 0. The maximum atomic E-state index is 11.9. The Kier molecular flexibility index (Phi) is 5.80. The van der Waals surface area contributed by atoms with E-state index in [2.05, 4.69) is 26.1 Å². The Labute approximate surface area is 146 Å². The van der Waals surface area contributed by atoms with Gasteiger partial charge in [-0.1, -0.05) is 27.7 Å². The van der Waals surface area contributed by atoms with Crippen LogP contribution in [0.2, 0.25) is 0 Å². The molecule has 0 spiro atoms. The predicted molar refractivity (Wildman–Crippen MR) is 92.2 cm³/mol. The van der Waals surface area contributed by atoms with Crippen LogP contribution in [0, 0.1) is 0 Å². The molecule has 0 saturated carbocycles. The number of halogens is 1. The van der Waals surface area contributed by atoms with Crippen LogP contribution >= 0.6 is 27.7 Å². The minimum atomic E-state index is -0.183. The fourth-order valence-corrected chi connectivity index (χ4v) is 3.43. The van der Waals surface area contributed by atoms with Gasteiger partial charge in [0.2, 0.25) is 0 Å². The summed E-state index contributed by atoms with van der Waals surface area (Å²) in [5.41, 5.74) is -0.183. The first-order chi connectivity index (χ1) is 11.2. The fourth-order valence-electron chi connectivity index (χ4n) is 2.39. The van der Waals surface area contributed by atoms with Gasteiger partial charge in [-0.3, -0.25) is 4.57 Å². The first kappa shape index (κ1) is 16.6. The van der Waals surface area contributed by atoms with Crippen molar-refractivity contribution in [2.75, 3.05) is 19.0 Å². The number of hydrogen-bond donors (Lipinski definition) is 1. The number of thioether (sulfide) groups is 1. The first-order valence-corrected chi connectivity index (χ1v) is 9.28. The number of aromatic amines is 1. The first-order valence-electron chi connectivity index (χ1n) is 7.50. The van der Waals surface area contributed by atoms with Gasteiger partial charge < -0.3 is 9.47 Å². The third-order valence-corrected chi connectivity index (χ3v) is 5.00. The minimum Gasteiger partial charge on any atom is -0.493 e. The van der Waals surface area contributed by atoms with Crippen molar-refractivity contribution in [2.24, 2.45) is 0 Å². The lowest BCUT2D eigenvalue weighted by molar-refractivity contribution is 0.0941. The predicted octanol–water partition coefficient (Wildman–Crippen LogP) is 2.68. The second-order valence-electron chi connectivity index (χ2n) is 5.21. The molecule has 1 aromatic heterocycles. The molecule has 3 rings (SSSR count). The molecule has 2 heterocycles. The summed E-state index contributed by atoms with van der Waals surface area (Å²) in [5.74, 6) is 1.54. The fraction of sp³-hybridized carbons (Fsp3) is 0.467. The molecule has 2 aromatic rings. The molecule has 1 N–H and O–H groups in total. The number of benzene rings is 1. The van der Waals surface area contributed by atoms with Crippen LogP contribution in [-0.4, -0.2) is 39.8 Å². The average Bonchev–Trinajstić information content (AvgIpc) is 3.18. The Hall–Kier alpha value is -1.25. The van der Waals surface area contributed by atoms with Crippen molar-refractivity contribution >= 4 is 27.7 Å². The number of hydrogen-bond acceptors (Lipinski definition) is 5. The standard InChI is InChI=1S/C15H18BrN3O3S/c16-11-3-5-12(6-4-11)22-8-9-23-15-18-17-14(20)19(15)10-13-2-1-7-21-13/h3-6,13H,1-2,7-10H2,(H,17,20)/t13-/m1/s1. The Morgan fingerprint density at radius 1 is 1.43 bits per heavy atom. The summed E-state index contributed by atoms with van der Waals surface area (Å²) >= 11 is 4.89. The average molecular weight is 400 g/mol. The van der Waals surface area contributed by atoms with Crippen molar-refractivity contribution in [1.29, 1.82) is 0 Å². The molecule has 0 aliphatic carbocycles. The summed E-state index contributed by atoms with van der Waals surface area (Å²) < 4.78 is 13.9. The Balaban J connectivity index is 1.50. The van der Waals surface area contributed by atoms with Gasteiger partial charge in [0.25, 0.3) is 0 Å². The molecule has 0 unspecified atom stereocenters. The van der Waals surface area contributed by atoms with Gasteiger partial charge >= 0.3 is 5.69 Å². The van der Waals surface area contributed by atoms with Crippen LogP contribution in [0.1, 0.15) is 12.8 Å². The van der Waals surface area contributed by atoms with Crippen LogP contribution in [0.4, 0.5) is 0 Å². The Morgan fingerprint density at radius 3 is 3.00 bits per heavy atom. The van der Waals surface area contributed by atoms with E-state index in [-0.39, 0.29) is 11.8 Å². The van der Waals surface area contributed by atoms with Crippen molar-refractivity contribution in [3.8, 4) is 5.75 Å². The molecule has 124 valence electrons. The maximum absolute atomic E-state index is 11.9. The second-order valence-corrected chi connectivity index (χ2v) is 7.19. The zero-order chi connectivity index (χ0) is 16.1. The monoisotopic (exact) mass is 399 g/mol. The van der Waals surface area contributed by atoms with E-state index in [4.69, 9.17) is 9.47 Å². The van der Waals surface area contributed by atoms with Crippen molar-refractivity contribution < 1.29 is 9.47 Å². The minimum absolute atomic E-state index is 0.115. The molecule has 1 atom stereocenters. The Morgan fingerprint density at radius 2 is 2.26 bits per heavy atom. The quantitative estimate of drug-likeness (QED) is 0.572. The van der Waals surface area contributed by atoms with E-state index in [1.165, 1.54) is 11.8 Å². The van der Waals surface area contributed by atoms with Crippen LogP contribution in [0.3, 0.4) is 0 Å². The van der Waals surface area contributed by atoms with E-state index in [1.807, 2.05) is 24.3 Å². The van der Waals surface area contributed by atoms with Crippen LogP contribution in [0.15, 0.2) is 38.7 Å². The van der Waals surface area contributed by atoms with Gasteiger partial charge in [-0.2, -0.15) is 0 Å². The lowest BCUT2D eigenvalue weighted by atomic mass is 10.2. The third kappa shape index (κ3) is 4.62. The highest BCUT2D eigenvalue weighted by molar-refractivity contribution is 9.10. The van der Waals surface area contributed by atoms with Crippen LogP contribution < -0.4 is 10.4 Å². The van der Waals surface area contributed by atoms with Gasteiger partial charge in [-0.25, -0.2) is 9.89 Å². The molecular formula is C15H18BrN3O3S. The van der Waals surface area contributed by atoms with Gasteiger partial charge in [0.05, 0.1) is 19.3 Å². The number of rotatable bonds is 7. The molecule has 1 fully saturated rings. The molecule has 1 saturated heterocycles.